The van der Waals surface area contributed by atoms with Gasteiger partial charge in [0.05, 0.1) is 35.5 Å². The van der Waals surface area contributed by atoms with Crippen LogP contribution in [0.15, 0.2) is 42.7 Å². The molecule has 1 aromatic carbocycles. The average Bonchev–Trinajstić information content (AvgIpc) is 3.38. The zero-order valence-electron chi connectivity index (χ0n) is 20.8. The molecule has 0 saturated carbocycles. The summed E-state index contributed by atoms with van der Waals surface area (Å²) in [5, 5.41) is 11.4. The van der Waals surface area contributed by atoms with Gasteiger partial charge in [0.25, 0.3) is 11.8 Å². The van der Waals surface area contributed by atoms with Crippen LogP contribution in [0, 0.1) is 0 Å². The van der Waals surface area contributed by atoms with Gasteiger partial charge in [-0.1, -0.05) is 12.1 Å². The van der Waals surface area contributed by atoms with Crippen molar-refractivity contribution < 1.29 is 19.5 Å². The summed E-state index contributed by atoms with van der Waals surface area (Å²) in [7, 11) is 3.46. The number of hydrogen-bond acceptors (Lipinski definition) is 11. The molecule has 1 fully saturated rings. The van der Waals surface area contributed by atoms with E-state index in [9.17, 15) is 9.59 Å². The Bertz CT molecular complexity index is 1470. The van der Waals surface area contributed by atoms with Crippen LogP contribution < -0.4 is 20.6 Å². The lowest BCUT2D eigenvalue weighted by Gasteiger charge is -2.28. The number of thiophene rings is 1. The molecule has 0 unspecified atom stereocenters. The minimum absolute atomic E-state index is 0.157. The molecule has 4 aromatic rings. The standard InChI is InChI=1S/C25H26N8O4S/c1-26-23(34)16-5-3-4-15(10-16)21-29-19-11-18(38-20(19)22(30-21)33-6-8-37-9-7-33)14-32(2)25-27-12-17(13-28-25)24(35)31-36/h3-5,10-13,36H,6-9,14H2,1-2H3,(H,26,34)(H,31,35). The molecule has 13 heteroatoms. The number of carbonyl (C=O) groups excluding carboxylic acids is 2. The number of benzene rings is 1. The summed E-state index contributed by atoms with van der Waals surface area (Å²) >= 11 is 1.60. The van der Waals surface area contributed by atoms with Crippen LogP contribution in [-0.2, 0) is 11.3 Å². The fraction of sp³-hybridized carbons (Fsp3) is 0.280. The molecule has 4 heterocycles. The van der Waals surface area contributed by atoms with Crippen LogP contribution in [0.4, 0.5) is 11.8 Å². The Kier molecular flexibility index (Phi) is 7.40. The van der Waals surface area contributed by atoms with Gasteiger partial charge in [0, 0.05) is 55.6 Å². The Morgan fingerprint density at radius 2 is 1.87 bits per heavy atom. The van der Waals surface area contributed by atoms with E-state index in [1.54, 1.807) is 36.0 Å². The molecule has 2 amide bonds. The lowest BCUT2D eigenvalue weighted by Crippen LogP contribution is -2.36. The Labute approximate surface area is 222 Å². The molecule has 1 aliphatic heterocycles. The molecular formula is C25H26N8O4S. The van der Waals surface area contributed by atoms with E-state index < -0.39 is 5.91 Å². The quantitative estimate of drug-likeness (QED) is 0.238. The largest absolute Gasteiger partial charge is 0.378 e. The van der Waals surface area contributed by atoms with E-state index in [2.05, 4.69) is 20.2 Å². The van der Waals surface area contributed by atoms with Gasteiger partial charge < -0.3 is 19.9 Å². The van der Waals surface area contributed by atoms with Crippen molar-refractivity contribution in [3.05, 3.63) is 58.7 Å². The zero-order chi connectivity index (χ0) is 26.6. The molecule has 1 aliphatic rings. The van der Waals surface area contributed by atoms with Crippen molar-refractivity contribution in [2.45, 2.75) is 6.54 Å². The highest BCUT2D eigenvalue weighted by Gasteiger charge is 2.21. The smallest absolute Gasteiger partial charge is 0.277 e. The molecule has 3 aromatic heterocycles. The first-order valence-corrected chi connectivity index (χ1v) is 12.7. The van der Waals surface area contributed by atoms with Crippen LogP contribution in [0.2, 0.25) is 0 Å². The van der Waals surface area contributed by atoms with Crippen molar-refractivity contribution in [1.82, 2.24) is 30.7 Å². The maximum atomic E-state index is 12.2. The molecule has 0 aliphatic carbocycles. The molecule has 0 atom stereocenters. The summed E-state index contributed by atoms with van der Waals surface area (Å²) in [4.78, 5) is 47.1. The summed E-state index contributed by atoms with van der Waals surface area (Å²) in [6.45, 7) is 3.19. The number of hydroxylamine groups is 1. The van der Waals surface area contributed by atoms with Crippen molar-refractivity contribution in [2.24, 2.45) is 0 Å². The van der Waals surface area contributed by atoms with E-state index in [1.807, 2.05) is 30.1 Å². The minimum Gasteiger partial charge on any atom is -0.378 e. The fourth-order valence-electron chi connectivity index (χ4n) is 4.11. The number of morpholine rings is 1. The summed E-state index contributed by atoms with van der Waals surface area (Å²) in [6, 6.07) is 9.30. The van der Waals surface area contributed by atoms with Crippen LogP contribution in [0.25, 0.3) is 21.6 Å². The third-order valence-corrected chi connectivity index (χ3v) is 7.17. The number of hydrogen-bond donors (Lipinski definition) is 3. The van der Waals surface area contributed by atoms with Gasteiger partial charge in [-0.2, -0.15) is 0 Å². The average molecular weight is 535 g/mol. The van der Waals surface area contributed by atoms with Crippen LogP contribution >= 0.6 is 11.3 Å². The van der Waals surface area contributed by atoms with E-state index in [0.29, 0.717) is 37.1 Å². The first kappa shape index (κ1) is 25.4. The van der Waals surface area contributed by atoms with Gasteiger partial charge in [0.2, 0.25) is 5.95 Å². The Morgan fingerprint density at radius 1 is 1.11 bits per heavy atom. The number of nitrogens with zero attached hydrogens (tertiary/aromatic N) is 6. The normalized spacial score (nSPS) is 13.4. The first-order valence-electron chi connectivity index (χ1n) is 11.9. The molecule has 1 saturated heterocycles. The lowest BCUT2D eigenvalue weighted by molar-refractivity contribution is 0.0705. The fourth-order valence-corrected chi connectivity index (χ4v) is 5.28. The molecule has 38 heavy (non-hydrogen) atoms. The van der Waals surface area contributed by atoms with Crippen LogP contribution in [0.1, 0.15) is 25.6 Å². The number of rotatable bonds is 7. The van der Waals surface area contributed by atoms with E-state index in [4.69, 9.17) is 19.9 Å². The van der Waals surface area contributed by atoms with E-state index in [1.165, 1.54) is 12.4 Å². The van der Waals surface area contributed by atoms with E-state index in [0.717, 1.165) is 39.6 Å². The molecule has 0 spiro atoms. The highest BCUT2D eigenvalue weighted by Crippen LogP contribution is 2.35. The second kappa shape index (κ2) is 11.0. The number of anilines is 2. The maximum absolute atomic E-state index is 12.2. The highest BCUT2D eigenvalue weighted by molar-refractivity contribution is 7.19. The second-order valence-corrected chi connectivity index (χ2v) is 9.76. The third kappa shape index (κ3) is 5.25. The summed E-state index contributed by atoms with van der Waals surface area (Å²) in [5.74, 6) is 0.976. The molecule has 0 radical (unpaired) electrons. The van der Waals surface area contributed by atoms with Crippen molar-refractivity contribution in [2.75, 3.05) is 50.2 Å². The monoisotopic (exact) mass is 534 g/mol. The first-order chi connectivity index (χ1) is 18.5. The topological polar surface area (TPSA) is 146 Å². The van der Waals surface area contributed by atoms with Gasteiger partial charge in [-0.3, -0.25) is 14.8 Å². The molecule has 0 bridgehead atoms. The van der Waals surface area contributed by atoms with Gasteiger partial charge in [-0.05, 0) is 18.2 Å². The van der Waals surface area contributed by atoms with Gasteiger partial charge in [-0.15, -0.1) is 11.3 Å². The van der Waals surface area contributed by atoms with Crippen molar-refractivity contribution in [3.8, 4) is 11.4 Å². The van der Waals surface area contributed by atoms with E-state index in [-0.39, 0.29) is 11.5 Å². The van der Waals surface area contributed by atoms with Gasteiger partial charge in [0.1, 0.15) is 0 Å². The Balaban J connectivity index is 1.49. The molecule has 3 N–H and O–H groups in total. The summed E-state index contributed by atoms with van der Waals surface area (Å²) < 4.78 is 6.52. The highest BCUT2D eigenvalue weighted by atomic mass is 32.1. The van der Waals surface area contributed by atoms with Crippen molar-refractivity contribution in [3.63, 3.8) is 0 Å². The van der Waals surface area contributed by atoms with Crippen molar-refractivity contribution >= 4 is 45.1 Å². The summed E-state index contributed by atoms with van der Waals surface area (Å²) in [6.07, 6.45) is 2.72. The van der Waals surface area contributed by atoms with Crippen molar-refractivity contribution in [1.29, 1.82) is 0 Å². The Hall–Kier alpha value is -4.20. The Morgan fingerprint density at radius 3 is 2.58 bits per heavy atom. The van der Waals surface area contributed by atoms with Gasteiger partial charge >= 0.3 is 0 Å². The molecular weight excluding hydrogens is 508 g/mol. The maximum Gasteiger partial charge on any atom is 0.277 e. The predicted octanol–water partition coefficient (Wildman–Crippen LogP) is 2.10. The third-order valence-electron chi connectivity index (χ3n) is 6.06. The molecule has 196 valence electrons. The molecule has 5 rings (SSSR count). The number of ether oxygens (including phenoxy) is 1. The number of carbonyl (C=O) groups is 2. The number of aromatic nitrogens is 4. The minimum atomic E-state index is -0.672. The molecule has 12 nitrogen and oxygen atoms in total. The number of nitrogens with one attached hydrogen (secondary N) is 2. The number of amides is 2. The van der Waals surface area contributed by atoms with Crippen LogP contribution in [0.3, 0.4) is 0 Å². The zero-order valence-corrected chi connectivity index (χ0v) is 21.7. The van der Waals surface area contributed by atoms with Crippen LogP contribution in [0.5, 0.6) is 0 Å². The number of fused-ring (bicyclic) bond motifs is 1. The van der Waals surface area contributed by atoms with Crippen LogP contribution in [-0.4, -0.2) is 77.4 Å². The van der Waals surface area contributed by atoms with Gasteiger partial charge in [-0.25, -0.2) is 25.4 Å². The predicted molar refractivity (Wildman–Crippen MR) is 143 cm³/mol. The SMILES string of the molecule is CNC(=O)c1cccc(-c2nc(N3CCOCC3)c3sc(CN(C)c4ncc(C(=O)NO)cn4)cc3n2)c1. The summed E-state index contributed by atoms with van der Waals surface area (Å²) in [5.41, 5.74) is 3.83. The van der Waals surface area contributed by atoms with Gasteiger partial charge in [0.15, 0.2) is 11.6 Å². The van der Waals surface area contributed by atoms with E-state index >= 15 is 0 Å². The second-order valence-electron chi connectivity index (χ2n) is 8.63. The lowest BCUT2D eigenvalue weighted by atomic mass is 10.1.